The first-order chi connectivity index (χ1) is 14.5. The summed E-state index contributed by atoms with van der Waals surface area (Å²) in [6.07, 6.45) is -4.23. The topological polar surface area (TPSA) is 124 Å². The summed E-state index contributed by atoms with van der Waals surface area (Å²) in [5.41, 5.74) is 4.47. The lowest BCUT2D eigenvalue weighted by Gasteiger charge is -2.23. The summed E-state index contributed by atoms with van der Waals surface area (Å²) in [7, 11) is 0. The number of carbonyl (C=O) groups excluding carboxylic acids is 2. The molecule has 3 rings (SSSR count). The molecule has 1 aromatic heterocycles. The Kier molecular flexibility index (Phi) is 5.85. The van der Waals surface area contributed by atoms with Crippen LogP contribution in [0.4, 0.5) is 24.7 Å². The van der Waals surface area contributed by atoms with E-state index >= 15 is 0 Å². The third-order valence-electron chi connectivity index (χ3n) is 4.47. The molecule has 1 aliphatic rings. The van der Waals surface area contributed by atoms with E-state index in [0.717, 1.165) is 5.01 Å². The van der Waals surface area contributed by atoms with Crippen molar-refractivity contribution in [2.75, 3.05) is 10.3 Å². The van der Waals surface area contributed by atoms with Gasteiger partial charge in [0.15, 0.2) is 5.82 Å². The second kappa shape index (κ2) is 8.23. The fourth-order valence-corrected chi connectivity index (χ4v) is 3.25. The molecular weight excluding hydrogens is 437 g/mol. The lowest BCUT2D eigenvalue weighted by Crippen LogP contribution is -2.40. The molecule has 1 aliphatic heterocycles. The number of rotatable bonds is 4. The monoisotopic (exact) mass is 450 g/mol. The first kappa shape index (κ1) is 22.0. The molecule has 0 saturated carbocycles. The van der Waals surface area contributed by atoms with E-state index in [9.17, 15) is 22.8 Å². The Hall–Kier alpha value is -3.65. The molecule has 160 valence electrons. The van der Waals surface area contributed by atoms with Crippen LogP contribution in [0.2, 0.25) is 5.02 Å². The molecule has 1 unspecified atom stereocenters. The Morgan fingerprint density at radius 1 is 1.39 bits per heavy atom. The molecule has 0 bridgehead atoms. The van der Waals surface area contributed by atoms with E-state index in [1.54, 1.807) is 0 Å². The largest absolute Gasteiger partial charge is 0.431 e. The van der Waals surface area contributed by atoms with Gasteiger partial charge < -0.3 is 11.1 Å². The third-order valence-corrected chi connectivity index (χ3v) is 4.77. The standard InChI is InChI=1S/C19H14ClF3N6O2/c1-9-5-10(8-24)6-11(16(25)30)15(9)27-18(31)13-7-14(19(21,22)23)28-29(13)17-12(20)3-2-4-26-17/h2-6,13H,7H2,1H3,(H2,25,30)(H,27,31). The number of amides is 2. The van der Waals surface area contributed by atoms with Crippen LogP contribution in [0.25, 0.3) is 0 Å². The van der Waals surface area contributed by atoms with Crippen LogP contribution in [0.15, 0.2) is 35.6 Å². The number of carbonyl (C=O) groups is 2. The molecule has 2 amide bonds. The number of anilines is 2. The van der Waals surface area contributed by atoms with Crippen molar-refractivity contribution in [1.82, 2.24) is 4.98 Å². The number of nitriles is 1. The Balaban J connectivity index is 2.00. The number of benzene rings is 1. The molecule has 0 spiro atoms. The lowest BCUT2D eigenvalue weighted by atomic mass is 10.0. The zero-order chi connectivity index (χ0) is 22.9. The summed E-state index contributed by atoms with van der Waals surface area (Å²) in [6.45, 7) is 1.52. The van der Waals surface area contributed by atoms with Crippen molar-refractivity contribution < 1.29 is 22.8 Å². The number of aromatic nitrogens is 1. The van der Waals surface area contributed by atoms with Gasteiger partial charge in [-0.15, -0.1) is 0 Å². The Bertz CT molecular complexity index is 1140. The first-order valence-corrected chi connectivity index (χ1v) is 9.10. The van der Waals surface area contributed by atoms with Crippen LogP contribution in [0.5, 0.6) is 0 Å². The van der Waals surface area contributed by atoms with Crippen LogP contribution in [0.1, 0.15) is 27.9 Å². The molecule has 12 heteroatoms. The summed E-state index contributed by atoms with van der Waals surface area (Å²) in [5.74, 6) is -1.94. The highest BCUT2D eigenvalue weighted by Gasteiger charge is 2.46. The van der Waals surface area contributed by atoms with Crippen LogP contribution in [-0.2, 0) is 4.79 Å². The summed E-state index contributed by atoms with van der Waals surface area (Å²) in [5, 5.41) is 15.8. The maximum atomic E-state index is 13.3. The van der Waals surface area contributed by atoms with Gasteiger partial charge in [-0.05, 0) is 36.8 Å². The van der Waals surface area contributed by atoms with Gasteiger partial charge in [-0.3, -0.25) is 9.59 Å². The van der Waals surface area contributed by atoms with Crippen LogP contribution >= 0.6 is 11.6 Å². The summed E-state index contributed by atoms with van der Waals surface area (Å²) >= 11 is 6.04. The molecule has 3 N–H and O–H groups in total. The normalized spacial score (nSPS) is 15.9. The molecule has 0 radical (unpaired) electrons. The number of pyridine rings is 1. The summed E-state index contributed by atoms with van der Waals surface area (Å²) in [6, 6.07) is 5.88. The van der Waals surface area contributed by atoms with Gasteiger partial charge in [0.05, 0.1) is 27.9 Å². The van der Waals surface area contributed by atoms with Gasteiger partial charge in [0.2, 0.25) is 5.91 Å². The summed E-state index contributed by atoms with van der Waals surface area (Å²) < 4.78 is 39.9. The smallest absolute Gasteiger partial charge is 0.366 e. The molecule has 2 aromatic rings. The average molecular weight is 451 g/mol. The van der Waals surface area contributed by atoms with Crippen LogP contribution in [0.3, 0.4) is 0 Å². The van der Waals surface area contributed by atoms with Crippen molar-refractivity contribution in [3.63, 3.8) is 0 Å². The number of hydrogen-bond acceptors (Lipinski definition) is 6. The van der Waals surface area contributed by atoms with Gasteiger partial charge in [-0.25, -0.2) is 9.99 Å². The van der Waals surface area contributed by atoms with Crippen molar-refractivity contribution in [2.45, 2.75) is 25.6 Å². The average Bonchev–Trinajstić information content (AvgIpc) is 3.15. The first-order valence-electron chi connectivity index (χ1n) is 8.72. The minimum atomic E-state index is -4.77. The fraction of sp³-hybridized carbons (Fsp3) is 0.211. The highest BCUT2D eigenvalue weighted by molar-refractivity contribution is 6.33. The van der Waals surface area contributed by atoms with Gasteiger partial charge in [-0.2, -0.15) is 23.5 Å². The van der Waals surface area contributed by atoms with Gasteiger partial charge in [0.25, 0.3) is 5.91 Å². The number of nitrogens with one attached hydrogen (secondary N) is 1. The van der Waals surface area contributed by atoms with Crippen LogP contribution in [0, 0.1) is 18.3 Å². The van der Waals surface area contributed by atoms with Crippen LogP contribution in [-0.4, -0.2) is 34.7 Å². The van der Waals surface area contributed by atoms with Crippen LogP contribution < -0.4 is 16.1 Å². The number of alkyl halides is 3. The Morgan fingerprint density at radius 3 is 2.68 bits per heavy atom. The number of hydrazone groups is 1. The Labute approximate surface area is 179 Å². The molecular formula is C19H14ClF3N6O2. The summed E-state index contributed by atoms with van der Waals surface area (Å²) in [4.78, 5) is 28.7. The number of nitrogens with zero attached hydrogens (tertiary/aromatic N) is 4. The quantitative estimate of drug-likeness (QED) is 0.740. The van der Waals surface area contributed by atoms with Gasteiger partial charge >= 0.3 is 6.18 Å². The van der Waals surface area contributed by atoms with E-state index in [-0.39, 0.29) is 27.7 Å². The van der Waals surface area contributed by atoms with E-state index in [1.807, 2.05) is 6.07 Å². The minimum absolute atomic E-state index is 0.000136. The van der Waals surface area contributed by atoms with Crippen molar-refractivity contribution in [1.29, 1.82) is 5.26 Å². The number of aryl methyl sites for hydroxylation is 1. The van der Waals surface area contributed by atoms with Gasteiger partial charge in [-0.1, -0.05) is 11.6 Å². The Morgan fingerprint density at radius 2 is 2.10 bits per heavy atom. The van der Waals surface area contributed by atoms with E-state index < -0.39 is 36.2 Å². The number of halogens is 4. The zero-order valence-corrected chi connectivity index (χ0v) is 16.6. The van der Waals surface area contributed by atoms with Gasteiger partial charge in [0, 0.05) is 12.6 Å². The SMILES string of the molecule is Cc1cc(C#N)cc(C(N)=O)c1NC(=O)C1CC(C(F)(F)F)=NN1c1ncccc1Cl. The molecule has 2 heterocycles. The van der Waals surface area contributed by atoms with Crippen molar-refractivity contribution in [3.05, 3.63) is 52.2 Å². The van der Waals surface area contributed by atoms with E-state index in [1.165, 1.54) is 37.4 Å². The second-order valence-corrected chi connectivity index (χ2v) is 7.01. The van der Waals surface area contributed by atoms with Gasteiger partial charge in [0.1, 0.15) is 11.8 Å². The van der Waals surface area contributed by atoms with Crippen molar-refractivity contribution in [3.8, 4) is 6.07 Å². The van der Waals surface area contributed by atoms with E-state index in [0.29, 0.717) is 5.56 Å². The molecule has 31 heavy (non-hydrogen) atoms. The third kappa shape index (κ3) is 4.44. The molecule has 1 atom stereocenters. The second-order valence-electron chi connectivity index (χ2n) is 6.60. The van der Waals surface area contributed by atoms with Crippen molar-refractivity contribution >= 4 is 40.6 Å². The highest BCUT2D eigenvalue weighted by atomic mass is 35.5. The maximum absolute atomic E-state index is 13.3. The lowest BCUT2D eigenvalue weighted by molar-refractivity contribution is -0.117. The van der Waals surface area contributed by atoms with Crippen molar-refractivity contribution in [2.24, 2.45) is 10.8 Å². The fourth-order valence-electron chi connectivity index (χ4n) is 3.05. The predicted molar refractivity (Wildman–Crippen MR) is 107 cm³/mol. The zero-order valence-electron chi connectivity index (χ0n) is 15.9. The van der Waals surface area contributed by atoms with E-state index in [2.05, 4.69) is 15.4 Å². The molecule has 0 aliphatic carbocycles. The molecule has 1 aromatic carbocycles. The minimum Gasteiger partial charge on any atom is -0.366 e. The number of nitrogens with two attached hydrogens (primary N) is 1. The highest BCUT2D eigenvalue weighted by Crippen LogP contribution is 2.34. The predicted octanol–water partition coefficient (Wildman–Crippen LogP) is 3.15. The van der Waals surface area contributed by atoms with E-state index in [4.69, 9.17) is 22.6 Å². The molecule has 8 nitrogen and oxygen atoms in total. The number of primary amides is 1. The number of hydrogen-bond donors (Lipinski definition) is 2. The molecule has 0 fully saturated rings. The maximum Gasteiger partial charge on any atom is 0.431 e. The molecule has 0 saturated heterocycles.